The number of hydrogen-bond acceptors (Lipinski definition) is 5. The van der Waals surface area contributed by atoms with E-state index in [2.05, 4.69) is 9.71 Å². The molecule has 21 heavy (non-hydrogen) atoms. The predicted molar refractivity (Wildman–Crippen MR) is 79.1 cm³/mol. The monoisotopic (exact) mass is 311 g/mol. The van der Waals surface area contributed by atoms with Crippen molar-refractivity contribution in [1.29, 1.82) is 0 Å². The van der Waals surface area contributed by atoms with Gasteiger partial charge < -0.3 is 15.5 Å². The average molecular weight is 311 g/mol. The molecule has 114 valence electrons. The topological polar surface area (TPSA) is 114 Å². The molecule has 2 rings (SSSR count). The Kier molecular flexibility index (Phi) is 4.49. The van der Waals surface area contributed by atoms with Gasteiger partial charge in [-0.25, -0.2) is 13.1 Å². The molecule has 0 aliphatic heterocycles. The summed E-state index contributed by atoms with van der Waals surface area (Å²) in [5.74, 6) is -0.438. The highest BCUT2D eigenvalue weighted by Crippen LogP contribution is 2.24. The van der Waals surface area contributed by atoms with Crippen molar-refractivity contribution in [3.63, 3.8) is 0 Å². The predicted octanol–water partition coefficient (Wildman–Crippen LogP) is 0.982. The summed E-state index contributed by atoms with van der Waals surface area (Å²) in [6, 6.07) is 4.93. The summed E-state index contributed by atoms with van der Waals surface area (Å²) < 4.78 is 31.5. The third-order valence-electron chi connectivity index (χ3n) is 2.88. The minimum Gasteiger partial charge on any atom is -0.466 e. The maximum atomic E-state index is 12.2. The van der Waals surface area contributed by atoms with Crippen LogP contribution in [0.3, 0.4) is 0 Å². The first kappa shape index (κ1) is 15.3. The Hall–Kier alpha value is -2.06. The molecule has 0 aliphatic rings. The number of fused-ring (bicyclic) bond motifs is 1. The van der Waals surface area contributed by atoms with Gasteiger partial charge in [0, 0.05) is 29.3 Å². The SMILES string of the molecule is CCOC(=O)CCNS(=O)(=O)c1c[nH]c2cc(N)ccc12. The number of nitrogen functional groups attached to an aromatic ring is 1. The molecule has 1 aromatic heterocycles. The van der Waals surface area contributed by atoms with E-state index in [1.807, 2.05) is 0 Å². The van der Waals surface area contributed by atoms with E-state index in [4.69, 9.17) is 10.5 Å². The molecule has 0 radical (unpaired) electrons. The van der Waals surface area contributed by atoms with Gasteiger partial charge in [-0.2, -0.15) is 0 Å². The Labute approximate surface area is 122 Å². The van der Waals surface area contributed by atoms with E-state index in [1.54, 1.807) is 25.1 Å². The quantitative estimate of drug-likeness (QED) is 0.543. The number of H-pyrrole nitrogens is 1. The van der Waals surface area contributed by atoms with Crippen LogP contribution in [-0.4, -0.2) is 32.5 Å². The van der Waals surface area contributed by atoms with Crippen molar-refractivity contribution in [1.82, 2.24) is 9.71 Å². The minimum atomic E-state index is -3.70. The number of carbonyl (C=O) groups excluding carboxylic acids is 1. The lowest BCUT2D eigenvalue weighted by molar-refractivity contribution is -0.142. The van der Waals surface area contributed by atoms with Crippen molar-refractivity contribution in [2.24, 2.45) is 0 Å². The van der Waals surface area contributed by atoms with Crippen molar-refractivity contribution in [3.05, 3.63) is 24.4 Å². The first-order chi connectivity index (χ1) is 9.94. The maximum absolute atomic E-state index is 12.2. The summed E-state index contributed by atoms with van der Waals surface area (Å²) in [5.41, 5.74) is 6.83. The van der Waals surface area contributed by atoms with E-state index in [9.17, 15) is 13.2 Å². The zero-order valence-corrected chi connectivity index (χ0v) is 12.4. The lowest BCUT2D eigenvalue weighted by Gasteiger charge is -2.05. The number of rotatable bonds is 6. The second kappa shape index (κ2) is 6.15. The number of anilines is 1. The van der Waals surface area contributed by atoms with E-state index in [-0.39, 0.29) is 24.5 Å². The Balaban J connectivity index is 2.13. The third kappa shape index (κ3) is 3.53. The van der Waals surface area contributed by atoms with Crippen LogP contribution < -0.4 is 10.5 Å². The van der Waals surface area contributed by atoms with Crippen molar-refractivity contribution < 1.29 is 17.9 Å². The van der Waals surface area contributed by atoms with Crippen molar-refractivity contribution >= 4 is 32.6 Å². The first-order valence-corrected chi connectivity index (χ1v) is 7.94. The maximum Gasteiger partial charge on any atom is 0.307 e. The van der Waals surface area contributed by atoms with Gasteiger partial charge in [0.05, 0.1) is 13.0 Å². The number of sulfonamides is 1. The van der Waals surface area contributed by atoms with Gasteiger partial charge in [0.2, 0.25) is 10.0 Å². The smallest absolute Gasteiger partial charge is 0.307 e. The Morgan fingerprint density at radius 3 is 2.90 bits per heavy atom. The second-order valence-electron chi connectivity index (χ2n) is 4.41. The summed E-state index contributed by atoms with van der Waals surface area (Å²) in [6.45, 7) is 1.96. The number of aromatic amines is 1. The largest absolute Gasteiger partial charge is 0.466 e. The van der Waals surface area contributed by atoms with E-state index >= 15 is 0 Å². The molecule has 0 saturated carbocycles. The van der Waals surface area contributed by atoms with E-state index in [0.717, 1.165) is 0 Å². The minimum absolute atomic E-state index is 0.0111. The molecule has 0 atom stereocenters. The van der Waals surface area contributed by atoms with E-state index in [1.165, 1.54) is 6.20 Å². The van der Waals surface area contributed by atoms with Crippen molar-refractivity contribution in [2.75, 3.05) is 18.9 Å². The van der Waals surface area contributed by atoms with Crippen LogP contribution in [-0.2, 0) is 19.6 Å². The van der Waals surface area contributed by atoms with Crippen molar-refractivity contribution in [3.8, 4) is 0 Å². The number of ether oxygens (including phenoxy) is 1. The Morgan fingerprint density at radius 1 is 1.43 bits per heavy atom. The second-order valence-corrected chi connectivity index (χ2v) is 6.15. The summed E-state index contributed by atoms with van der Waals surface area (Å²) >= 11 is 0. The van der Waals surface area contributed by atoms with Crippen LogP contribution in [0.1, 0.15) is 13.3 Å². The van der Waals surface area contributed by atoms with Gasteiger partial charge in [0.25, 0.3) is 0 Å². The van der Waals surface area contributed by atoms with Crippen LogP contribution in [0.25, 0.3) is 10.9 Å². The van der Waals surface area contributed by atoms with Gasteiger partial charge in [-0.3, -0.25) is 4.79 Å². The number of nitrogens with one attached hydrogen (secondary N) is 2. The standard InChI is InChI=1S/C13H17N3O4S/c1-2-20-13(17)5-6-16-21(18,19)12-8-15-11-7-9(14)3-4-10(11)12/h3-4,7-8,15-16H,2,5-6,14H2,1H3. The van der Waals surface area contributed by atoms with Crippen LogP contribution in [0.5, 0.6) is 0 Å². The van der Waals surface area contributed by atoms with Gasteiger partial charge >= 0.3 is 5.97 Å². The molecule has 2 aromatic rings. The van der Waals surface area contributed by atoms with Gasteiger partial charge in [0.15, 0.2) is 0 Å². The molecular formula is C13H17N3O4S. The fraction of sp³-hybridized carbons (Fsp3) is 0.308. The summed E-state index contributed by atoms with van der Waals surface area (Å²) in [6.07, 6.45) is 1.39. The highest BCUT2D eigenvalue weighted by molar-refractivity contribution is 7.89. The van der Waals surface area contributed by atoms with Gasteiger partial charge in [-0.15, -0.1) is 0 Å². The molecular weight excluding hydrogens is 294 g/mol. The van der Waals surface area contributed by atoms with E-state index < -0.39 is 16.0 Å². The van der Waals surface area contributed by atoms with Crippen LogP contribution >= 0.6 is 0 Å². The fourth-order valence-electron chi connectivity index (χ4n) is 1.94. The lowest BCUT2D eigenvalue weighted by atomic mass is 10.2. The molecule has 8 heteroatoms. The van der Waals surface area contributed by atoms with Gasteiger partial charge in [0.1, 0.15) is 4.90 Å². The zero-order valence-electron chi connectivity index (χ0n) is 11.5. The molecule has 1 aromatic carbocycles. The molecule has 0 bridgehead atoms. The lowest BCUT2D eigenvalue weighted by Crippen LogP contribution is -2.26. The normalized spacial score (nSPS) is 11.7. The van der Waals surface area contributed by atoms with Crippen LogP contribution in [0.2, 0.25) is 0 Å². The highest BCUT2D eigenvalue weighted by atomic mass is 32.2. The third-order valence-corrected chi connectivity index (χ3v) is 4.38. The molecule has 0 saturated heterocycles. The zero-order chi connectivity index (χ0) is 15.5. The summed E-state index contributed by atoms with van der Waals surface area (Å²) in [5, 5.41) is 0.549. The number of aromatic nitrogens is 1. The van der Waals surface area contributed by atoms with Crippen LogP contribution in [0, 0.1) is 0 Å². The van der Waals surface area contributed by atoms with E-state index in [0.29, 0.717) is 16.6 Å². The van der Waals surface area contributed by atoms with Crippen LogP contribution in [0.15, 0.2) is 29.3 Å². The van der Waals surface area contributed by atoms with Gasteiger partial charge in [-0.1, -0.05) is 0 Å². The summed E-state index contributed by atoms with van der Waals surface area (Å²) in [7, 11) is -3.70. The highest BCUT2D eigenvalue weighted by Gasteiger charge is 2.19. The van der Waals surface area contributed by atoms with Crippen LogP contribution in [0.4, 0.5) is 5.69 Å². The first-order valence-electron chi connectivity index (χ1n) is 6.46. The molecule has 0 spiro atoms. The molecule has 4 N–H and O–H groups in total. The average Bonchev–Trinajstić information content (AvgIpc) is 2.82. The number of benzene rings is 1. The number of hydrogen-bond donors (Lipinski definition) is 3. The van der Waals surface area contributed by atoms with Gasteiger partial charge in [-0.05, 0) is 25.1 Å². The Morgan fingerprint density at radius 2 is 2.19 bits per heavy atom. The summed E-state index contributed by atoms with van der Waals surface area (Å²) in [4.78, 5) is 14.2. The number of nitrogens with two attached hydrogens (primary N) is 1. The Bertz CT molecular complexity index is 752. The van der Waals surface area contributed by atoms with Crippen molar-refractivity contribution in [2.45, 2.75) is 18.2 Å². The molecule has 0 fully saturated rings. The fourth-order valence-corrected chi connectivity index (χ4v) is 3.15. The molecule has 0 aliphatic carbocycles. The molecule has 7 nitrogen and oxygen atoms in total. The number of esters is 1. The molecule has 1 heterocycles. The number of carbonyl (C=O) groups is 1. The molecule has 0 unspecified atom stereocenters. The molecule has 0 amide bonds.